The largest absolute Gasteiger partial charge is 0.455 e. The Morgan fingerprint density at radius 2 is 2.00 bits per heavy atom. The van der Waals surface area contributed by atoms with Gasteiger partial charge < -0.3 is 15.5 Å². The predicted molar refractivity (Wildman–Crippen MR) is 81.2 cm³/mol. The Labute approximate surface area is 126 Å². The van der Waals surface area contributed by atoms with Crippen LogP contribution in [-0.2, 0) is 6.54 Å². The lowest BCUT2D eigenvalue weighted by Gasteiger charge is -2.16. The van der Waals surface area contributed by atoms with Crippen molar-refractivity contribution in [1.29, 1.82) is 0 Å². The van der Waals surface area contributed by atoms with Crippen LogP contribution in [0.3, 0.4) is 0 Å². The van der Waals surface area contributed by atoms with Crippen molar-refractivity contribution in [3.05, 3.63) is 58.0 Å². The third kappa shape index (κ3) is 3.71. The van der Waals surface area contributed by atoms with Gasteiger partial charge in [-0.25, -0.2) is 0 Å². The topological polar surface area (TPSA) is 68.3 Å². The van der Waals surface area contributed by atoms with Gasteiger partial charge in [-0.05, 0) is 36.2 Å². The van der Waals surface area contributed by atoms with Gasteiger partial charge in [-0.1, -0.05) is 35.0 Å². The van der Waals surface area contributed by atoms with Gasteiger partial charge in [0.15, 0.2) is 5.76 Å². The average molecular weight is 337 g/mol. The molecule has 1 aromatic carbocycles. The van der Waals surface area contributed by atoms with Gasteiger partial charge in [0.25, 0.3) is 5.91 Å². The Hall–Kier alpha value is -1.59. The summed E-state index contributed by atoms with van der Waals surface area (Å²) in [5.74, 6) is 0.351. The monoisotopic (exact) mass is 336 g/mol. The summed E-state index contributed by atoms with van der Waals surface area (Å²) >= 11 is 3.43. The van der Waals surface area contributed by atoms with E-state index in [2.05, 4.69) is 40.3 Å². The maximum absolute atomic E-state index is 11.0. The van der Waals surface area contributed by atoms with Crippen molar-refractivity contribution in [2.75, 3.05) is 0 Å². The normalized spacial score (nSPS) is 12.3. The highest BCUT2D eigenvalue weighted by molar-refractivity contribution is 9.10. The maximum Gasteiger partial charge on any atom is 0.284 e. The fourth-order valence-electron chi connectivity index (χ4n) is 2.02. The molecule has 1 heterocycles. The molecule has 1 amide bonds. The molecule has 0 radical (unpaired) electrons. The molecule has 0 saturated carbocycles. The first-order valence-electron chi connectivity index (χ1n) is 6.47. The summed E-state index contributed by atoms with van der Waals surface area (Å²) in [7, 11) is 0. The molecule has 0 aliphatic rings. The van der Waals surface area contributed by atoms with Crippen LogP contribution < -0.4 is 11.1 Å². The van der Waals surface area contributed by atoms with E-state index in [1.165, 1.54) is 5.56 Å². The first kappa shape index (κ1) is 14.8. The van der Waals surface area contributed by atoms with E-state index in [4.69, 9.17) is 10.2 Å². The van der Waals surface area contributed by atoms with E-state index in [0.29, 0.717) is 12.3 Å². The fourth-order valence-corrected chi connectivity index (χ4v) is 2.29. The van der Waals surface area contributed by atoms with Gasteiger partial charge in [0.1, 0.15) is 5.76 Å². The molecule has 2 rings (SSSR count). The molecule has 106 valence electrons. The third-order valence-corrected chi connectivity index (χ3v) is 3.64. The molecule has 20 heavy (non-hydrogen) atoms. The first-order chi connectivity index (χ1) is 9.60. The quantitative estimate of drug-likeness (QED) is 0.849. The molecule has 5 heteroatoms. The van der Waals surface area contributed by atoms with Crippen LogP contribution in [0.15, 0.2) is 45.3 Å². The van der Waals surface area contributed by atoms with E-state index in [1.807, 2.05) is 12.1 Å². The minimum atomic E-state index is -0.545. The smallest absolute Gasteiger partial charge is 0.284 e. The van der Waals surface area contributed by atoms with Crippen molar-refractivity contribution in [3.63, 3.8) is 0 Å². The number of nitrogens with two attached hydrogens (primary N) is 1. The molecule has 1 atom stereocenters. The van der Waals surface area contributed by atoms with Crippen LogP contribution in [0, 0.1) is 0 Å². The number of halogens is 1. The van der Waals surface area contributed by atoms with E-state index in [-0.39, 0.29) is 11.8 Å². The molecule has 4 nitrogen and oxygen atoms in total. The van der Waals surface area contributed by atoms with Crippen LogP contribution >= 0.6 is 15.9 Å². The lowest BCUT2D eigenvalue weighted by molar-refractivity contribution is 0.0972. The molecule has 0 bridgehead atoms. The molecule has 3 N–H and O–H groups in total. The second-order valence-electron chi connectivity index (χ2n) is 4.52. The molecule has 2 aromatic rings. The number of hydrogen-bond acceptors (Lipinski definition) is 3. The molecular formula is C15H17BrN2O2. The standard InChI is InChI=1S/C15H17BrN2O2/c1-2-13(10-3-5-11(16)6-4-10)18-9-12-7-8-14(20-12)15(17)19/h3-8,13,18H,2,9H2,1H3,(H2,17,19). The zero-order valence-corrected chi connectivity index (χ0v) is 12.8. The van der Waals surface area contributed by atoms with Gasteiger partial charge in [-0.2, -0.15) is 0 Å². The number of benzene rings is 1. The predicted octanol–water partition coefficient (Wildman–Crippen LogP) is 3.38. The van der Waals surface area contributed by atoms with Crippen LogP contribution in [0.4, 0.5) is 0 Å². The summed E-state index contributed by atoms with van der Waals surface area (Å²) in [6, 6.07) is 11.8. The number of rotatable bonds is 6. The molecule has 0 fully saturated rings. The van der Waals surface area contributed by atoms with Crippen molar-refractivity contribution in [1.82, 2.24) is 5.32 Å². The highest BCUT2D eigenvalue weighted by atomic mass is 79.9. The maximum atomic E-state index is 11.0. The summed E-state index contributed by atoms with van der Waals surface area (Å²) < 4.78 is 6.41. The first-order valence-corrected chi connectivity index (χ1v) is 7.26. The summed E-state index contributed by atoms with van der Waals surface area (Å²) in [6.07, 6.45) is 0.963. The molecule has 0 saturated heterocycles. The highest BCUT2D eigenvalue weighted by Gasteiger charge is 2.11. The van der Waals surface area contributed by atoms with Crippen LogP contribution in [-0.4, -0.2) is 5.91 Å². The minimum absolute atomic E-state index is 0.193. The summed E-state index contributed by atoms with van der Waals surface area (Å²) in [4.78, 5) is 11.0. The number of nitrogens with one attached hydrogen (secondary N) is 1. The van der Waals surface area contributed by atoms with Crippen LogP contribution in [0.1, 0.15) is 41.3 Å². The molecular weight excluding hydrogens is 320 g/mol. The fraction of sp³-hybridized carbons (Fsp3) is 0.267. The van der Waals surface area contributed by atoms with E-state index < -0.39 is 5.91 Å². The van der Waals surface area contributed by atoms with Crippen molar-refractivity contribution >= 4 is 21.8 Å². The summed E-state index contributed by atoms with van der Waals surface area (Å²) in [6.45, 7) is 2.68. The summed E-state index contributed by atoms with van der Waals surface area (Å²) in [5.41, 5.74) is 6.38. The van der Waals surface area contributed by atoms with Crippen molar-refractivity contribution < 1.29 is 9.21 Å². The number of carbonyl (C=O) groups excluding carboxylic acids is 1. The average Bonchev–Trinajstić information content (AvgIpc) is 2.90. The Morgan fingerprint density at radius 3 is 2.55 bits per heavy atom. The second kappa shape index (κ2) is 6.72. The van der Waals surface area contributed by atoms with Gasteiger partial charge in [0.2, 0.25) is 0 Å². The van der Waals surface area contributed by atoms with Gasteiger partial charge in [0.05, 0.1) is 6.54 Å². The molecule has 1 aromatic heterocycles. The Balaban J connectivity index is 1.99. The van der Waals surface area contributed by atoms with Crippen LogP contribution in [0.25, 0.3) is 0 Å². The van der Waals surface area contributed by atoms with E-state index in [0.717, 1.165) is 10.9 Å². The Morgan fingerprint density at radius 1 is 1.30 bits per heavy atom. The number of amides is 1. The van der Waals surface area contributed by atoms with Crippen molar-refractivity contribution in [2.45, 2.75) is 25.9 Å². The van der Waals surface area contributed by atoms with E-state index in [9.17, 15) is 4.79 Å². The molecule has 1 unspecified atom stereocenters. The lowest BCUT2D eigenvalue weighted by Crippen LogP contribution is -2.20. The zero-order valence-electron chi connectivity index (χ0n) is 11.2. The van der Waals surface area contributed by atoms with Crippen LogP contribution in [0.5, 0.6) is 0 Å². The highest BCUT2D eigenvalue weighted by Crippen LogP contribution is 2.20. The summed E-state index contributed by atoms with van der Waals surface area (Å²) in [5, 5.41) is 3.41. The minimum Gasteiger partial charge on any atom is -0.455 e. The molecule has 0 aliphatic carbocycles. The number of furan rings is 1. The lowest BCUT2D eigenvalue weighted by atomic mass is 10.0. The third-order valence-electron chi connectivity index (χ3n) is 3.11. The van der Waals surface area contributed by atoms with Crippen LogP contribution in [0.2, 0.25) is 0 Å². The number of carbonyl (C=O) groups is 1. The van der Waals surface area contributed by atoms with Gasteiger partial charge in [-0.3, -0.25) is 4.79 Å². The SMILES string of the molecule is CCC(NCc1ccc(C(N)=O)o1)c1ccc(Br)cc1. The number of hydrogen-bond donors (Lipinski definition) is 2. The van der Waals surface area contributed by atoms with E-state index >= 15 is 0 Å². The Kier molecular flexibility index (Phi) is 4.98. The van der Waals surface area contributed by atoms with Crippen molar-refractivity contribution in [3.8, 4) is 0 Å². The Bertz CT molecular complexity index is 578. The number of primary amides is 1. The molecule has 0 spiro atoms. The van der Waals surface area contributed by atoms with Gasteiger partial charge in [0, 0.05) is 10.5 Å². The second-order valence-corrected chi connectivity index (χ2v) is 5.44. The zero-order chi connectivity index (χ0) is 14.5. The van der Waals surface area contributed by atoms with Gasteiger partial charge >= 0.3 is 0 Å². The van der Waals surface area contributed by atoms with E-state index in [1.54, 1.807) is 12.1 Å². The van der Waals surface area contributed by atoms with Gasteiger partial charge in [-0.15, -0.1) is 0 Å². The molecule has 0 aliphatic heterocycles. The van der Waals surface area contributed by atoms with Crippen molar-refractivity contribution in [2.24, 2.45) is 5.73 Å².